The second kappa shape index (κ2) is 6.67. The number of carbonyl (C=O) groups is 2. The van der Waals surface area contributed by atoms with Crippen LogP contribution in [0.4, 0.5) is 5.69 Å². The van der Waals surface area contributed by atoms with Crippen molar-refractivity contribution in [1.29, 1.82) is 0 Å². The fraction of sp³-hybridized carbons (Fsp3) is 0.467. The first-order valence-electron chi connectivity index (χ1n) is 7.12. The van der Waals surface area contributed by atoms with Gasteiger partial charge in [-0.15, -0.1) is 0 Å². The van der Waals surface area contributed by atoms with Crippen LogP contribution in [0.3, 0.4) is 0 Å². The topological polar surface area (TPSA) is 84.0 Å². The molecule has 0 bridgehead atoms. The van der Waals surface area contributed by atoms with Crippen molar-refractivity contribution >= 4 is 28.0 Å². The molecule has 0 amide bonds. The second-order valence-corrected chi connectivity index (χ2v) is 7.68. The van der Waals surface area contributed by atoms with E-state index in [1.54, 1.807) is 18.2 Å². The van der Waals surface area contributed by atoms with Crippen LogP contribution in [0.25, 0.3) is 0 Å². The van der Waals surface area contributed by atoms with Crippen molar-refractivity contribution in [2.24, 2.45) is 0 Å². The van der Waals surface area contributed by atoms with Gasteiger partial charge in [-0.2, -0.15) is 4.31 Å². The van der Waals surface area contributed by atoms with Crippen molar-refractivity contribution in [1.82, 2.24) is 4.31 Å². The third-order valence-corrected chi connectivity index (χ3v) is 5.67. The number of ether oxygens (including phenoxy) is 1. The molecule has 1 aromatic rings. The summed E-state index contributed by atoms with van der Waals surface area (Å²) in [5.41, 5.74) is 1.89. The number of carbonyl (C=O) groups excluding carboxylic acids is 2. The summed E-state index contributed by atoms with van der Waals surface area (Å²) in [5, 5.41) is 0. The van der Waals surface area contributed by atoms with Gasteiger partial charge in [0.25, 0.3) is 0 Å². The largest absolute Gasteiger partial charge is 0.468 e. The van der Waals surface area contributed by atoms with Crippen LogP contribution in [-0.4, -0.2) is 58.0 Å². The van der Waals surface area contributed by atoms with Crippen LogP contribution in [0.15, 0.2) is 18.2 Å². The maximum Gasteiger partial charge on any atom is 0.324 e. The zero-order valence-electron chi connectivity index (χ0n) is 13.4. The van der Waals surface area contributed by atoms with E-state index in [9.17, 15) is 18.0 Å². The van der Waals surface area contributed by atoms with E-state index < -0.39 is 22.0 Å². The van der Waals surface area contributed by atoms with Gasteiger partial charge in [-0.05, 0) is 30.2 Å². The first-order chi connectivity index (χ1) is 10.8. The number of aldehydes is 1. The third kappa shape index (κ3) is 3.70. The van der Waals surface area contributed by atoms with Crippen LogP contribution in [0.2, 0.25) is 0 Å². The molecular formula is C15H20N2O5S. The highest BCUT2D eigenvalue weighted by Crippen LogP contribution is 2.26. The summed E-state index contributed by atoms with van der Waals surface area (Å²) in [7, 11) is 1.39. The Bertz CT molecular complexity index is 715. The standard InChI is InChI=1S/C15H20N2O5S/c1-16(2)13-7-11(6-12(8-13)10-18)9-17-14(15(19)22-3)4-5-23(17,20)21/h6-8,10,14H,4-5,9H2,1-3H3. The molecule has 2 rings (SSSR count). The Morgan fingerprint density at radius 3 is 2.65 bits per heavy atom. The summed E-state index contributed by atoms with van der Waals surface area (Å²) in [6, 6.07) is 4.33. The van der Waals surface area contributed by atoms with Gasteiger partial charge in [0.05, 0.1) is 12.9 Å². The van der Waals surface area contributed by atoms with Crippen molar-refractivity contribution in [2.45, 2.75) is 19.0 Å². The lowest BCUT2D eigenvalue weighted by molar-refractivity contribution is -0.144. The van der Waals surface area contributed by atoms with E-state index >= 15 is 0 Å². The van der Waals surface area contributed by atoms with Crippen LogP contribution in [0.5, 0.6) is 0 Å². The predicted octanol–water partition coefficient (Wildman–Crippen LogP) is 0.642. The van der Waals surface area contributed by atoms with Crippen LogP contribution in [-0.2, 0) is 26.1 Å². The van der Waals surface area contributed by atoms with Crippen molar-refractivity contribution in [2.75, 3.05) is 31.9 Å². The first kappa shape index (κ1) is 17.4. The minimum Gasteiger partial charge on any atom is -0.468 e. The molecule has 23 heavy (non-hydrogen) atoms. The van der Waals surface area contributed by atoms with Crippen molar-refractivity contribution in [3.8, 4) is 0 Å². The zero-order valence-corrected chi connectivity index (χ0v) is 14.2. The molecule has 1 fully saturated rings. The molecule has 8 heteroatoms. The van der Waals surface area contributed by atoms with Crippen molar-refractivity contribution in [3.05, 3.63) is 29.3 Å². The molecule has 1 aliphatic heterocycles. The van der Waals surface area contributed by atoms with Crippen LogP contribution >= 0.6 is 0 Å². The number of esters is 1. The number of anilines is 1. The van der Waals surface area contributed by atoms with Gasteiger partial charge in [0, 0.05) is 31.9 Å². The third-order valence-electron chi connectivity index (χ3n) is 3.82. The van der Waals surface area contributed by atoms with Gasteiger partial charge in [0.15, 0.2) is 0 Å². The first-order valence-corrected chi connectivity index (χ1v) is 8.73. The molecule has 0 saturated carbocycles. The fourth-order valence-electron chi connectivity index (χ4n) is 2.59. The zero-order chi connectivity index (χ0) is 17.2. The molecule has 0 aromatic heterocycles. The Labute approximate surface area is 135 Å². The number of hydrogen-bond acceptors (Lipinski definition) is 6. The van der Waals surface area contributed by atoms with Gasteiger partial charge in [-0.25, -0.2) is 8.42 Å². The molecule has 0 N–H and O–H groups in total. The summed E-state index contributed by atoms with van der Waals surface area (Å²) < 4.78 is 30.3. The minimum atomic E-state index is -3.51. The smallest absolute Gasteiger partial charge is 0.324 e. The normalized spacial score (nSPS) is 20.2. The van der Waals surface area contributed by atoms with E-state index in [-0.39, 0.29) is 18.7 Å². The molecule has 7 nitrogen and oxygen atoms in total. The Balaban J connectivity index is 2.37. The lowest BCUT2D eigenvalue weighted by Crippen LogP contribution is -2.38. The Hall–Kier alpha value is -1.93. The maximum atomic E-state index is 12.2. The fourth-order valence-corrected chi connectivity index (χ4v) is 4.27. The minimum absolute atomic E-state index is 0.0324. The molecule has 1 aliphatic rings. The highest BCUT2D eigenvalue weighted by Gasteiger charge is 2.42. The van der Waals surface area contributed by atoms with Gasteiger partial charge in [0.2, 0.25) is 10.0 Å². The molecule has 1 heterocycles. The highest BCUT2D eigenvalue weighted by molar-refractivity contribution is 7.89. The van der Waals surface area contributed by atoms with Gasteiger partial charge in [-0.3, -0.25) is 9.59 Å². The van der Waals surface area contributed by atoms with Crippen LogP contribution in [0.1, 0.15) is 22.3 Å². The summed E-state index contributed by atoms with van der Waals surface area (Å²) in [4.78, 5) is 24.7. The van der Waals surface area contributed by atoms with Crippen molar-refractivity contribution in [3.63, 3.8) is 0 Å². The van der Waals surface area contributed by atoms with Crippen molar-refractivity contribution < 1.29 is 22.7 Å². The molecule has 1 saturated heterocycles. The van der Waals surface area contributed by atoms with E-state index in [1.165, 1.54) is 7.11 Å². The van der Waals surface area contributed by atoms with Gasteiger partial charge >= 0.3 is 5.97 Å². The van der Waals surface area contributed by atoms with Gasteiger partial charge in [-0.1, -0.05) is 0 Å². The van der Waals surface area contributed by atoms with E-state index in [0.717, 1.165) is 9.99 Å². The highest BCUT2D eigenvalue weighted by atomic mass is 32.2. The SMILES string of the molecule is COC(=O)C1CCS(=O)(=O)N1Cc1cc(C=O)cc(N(C)C)c1. The maximum absolute atomic E-state index is 12.2. The molecule has 0 aliphatic carbocycles. The average molecular weight is 340 g/mol. The lowest BCUT2D eigenvalue weighted by Gasteiger charge is -2.22. The Morgan fingerprint density at radius 2 is 2.09 bits per heavy atom. The number of methoxy groups -OCH3 is 1. The predicted molar refractivity (Wildman–Crippen MR) is 85.9 cm³/mol. The molecule has 1 atom stereocenters. The summed E-state index contributed by atoms with van der Waals surface area (Å²) in [6.45, 7) is 0.0324. The Morgan fingerprint density at radius 1 is 1.39 bits per heavy atom. The molecule has 0 spiro atoms. The summed E-state index contributed by atoms with van der Waals surface area (Å²) in [5.74, 6) is -0.647. The number of rotatable bonds is 5. The molecule has 0 radical (unpaired) electrons. The monoisotopic (exact) mass is 340 g/mol. The second-order valence-electron chi connectivity index (χ2n) is 5.63. The molecule has 1 aromatic carbocycles. The van der Waals surface area contributed by atoms with Crippen LogP contribution < -0.4 is 4.90 Å². The molecule has 126 valence electrons. The van der Waals surface area contributed by atoms with Crippen LogP contribution in [0, 0.1) is 0 Å². The quantitative estimate of drug-likeness (QED) is 0.578. The van der Waals surface area contributed by atoms with Gasteiger partial charge < -0.3 is 9.64 Å². The van der Waals surface area contributed by atoms with E-state index in [1.807, 2.05) is 19.0 Å². The number of nitrogens with zero attached hydrogens (tertiary/aromatic N) is 2. The number of benzene rings is 1. The number of hydrogen-bond donors (Lipinski definition) is 0. The summed E-state index contributed by atoms with van der Waals surface area (Å²) in [6.07, 6.45) is 0.926. The molecule has 1 unspecified atom stereocenters. The van der Waals surface area contributed by atoms with E-state index in [0.29, 0.717) is 17.4 Å². The van der Waals surface area contributed by atoms with Gasteiger partial charge in [0.1, 0.15) is 12.3 Å². The van der Waals surface area contributed by atoms with E-state index in [4.69, 9.17) is 4.74 Å². The Kier molecular flexibility index (Phi) is 5.06. The summed E-state index contributed by atoms with van der Waals surface area (Å²) >= 11 is 0. The van der Waals surface area contributed by atoms with E-state index in [2.05, 4.69) is 0 Å². The molecular weight excluding hydrogens is 320 g/mol. The average Bonchev–Trinajstić information content (AvgIpc) is 2.81. The lowest BCUT2D eigenvalue weighted by atomic mass is 10.1. The number of sulfonamides is 1.